The second-order valence-electron chi connectivity index (χ2n) is 5.25. The zero-order valence-electron chi connectivity index (χ0n) is 12.2. The molecular weight excluding hydrogens is 276 g/mol. The number of rotatable bonds is 6. The van der Waals surface area contributed by atoms with Crippen LogP contribution in [-0.2, 0) is 0 Å². The van der Waals surface area contributed by atoms with Gasteiger partial charge in [-0.15, -0.1) is 0 Å². The molecular formula is C15H23ClN2O2. The van der Waals surface area contributed by atoms with Gasteiger partial charge in [0.25, 0.3) is 0 Å². The molecule has 0 aliphatic carbocycles. The van der Waals surface area contributed by atoms with Crippen molar-refractivity contribution in [2.75, 3.05) is 6.61 Å². The van der Waals surface area contributed by atoms with Gasteiger partial charge < -0.3 is 15.7 Å². The van der Waals surface area contributed by atoms with Crippen molar-refractivity contribution in [2.24, 2.45) is 5.92 Å². The fraction of sp³-hybridized carbons (Fsp3) is 0.533. The summed E-state index contributed by atoms with van der Waals surface area (Å²) in [4.78, 5) is 12.0. The van der Waals surface area contributed by atoms with Gasteiger partial charge in [0.05, 0.1) is 6.04 Å². The number of aliphatic hydroxyl groups excluding tert-OH is 1. The molecule has 2 unspecified atom stereocenters. The van der Waals surface area contributed by atoms with Crippen LogP contribution in [0.2, 0.25) is 5.02 Å². The molecule has 0 heterocycles. The summed E-state index contributed by atoms with van der Waals surface area (Å²) in [6, 6.07) is 7.03. The maximum Gasteiger partial charge on any atom is 0.315 e. The number of benzene rings is 1. The van der Waals surface area contributed by atoms with E-state index in [-0.39, 0.29) is 30.6 Å². The van der Waals surface area contributed by atoms with Crippen LogP contribution in [0.25, 0.3) is 0 Å². The van der Waals surface area contributed by atoms with E-state index in [0.29, 0.717) is 11.4 Å². The van der Waals surface area contributed by atoms with Crippen molar-refractivity contribution in [3.8, 4) is 0 Å². The van der Waals surface area contributed by atoms with E-state index in [2.05, 4.69) is 10.6 Å². The van der Waals surface area contributed by atoms with Crippen LogP contribution in [0.1, 0.15) is 38.8 Å². The fourth-order valence-corrected chi connectivity index (χ4v) is 2.08. The molecule has 112 valence electrons. The zero-order chi connectivity index (χ0) is 15.1. The highest BCUT2D eigenvalue weighted by molar-refractivity contribution is 6.30. The molecule has 0 aromatic heterocycles. The average molecular weight is 299 g/mol. The Labute approximate surface area is 125 Å². The van der Waals surface area contributed by atoms with Crippen molar-refractivity contribution in [3.05, 3.63) is 34.9 Å². The number of carbonyl (C=O) groups excluding carboxylic acids is 1. The largest absolute Gasteiger partial charge is 0.396 e. The van der Waals surface area contributed by atoms with Crippen molar-refractivity contribution >= 4 is 17.6 Å². The number of amides is 2. The third-order valence-corrected chi connectivity index (χ3v) is 3.53. The van der Waals surface area contributed by atoms with E-state index in [1.165, 1.54) is 0 Å². The lowest BCUT2D eigenvalue weighted by molar-refractivity contribution is 0.216. The quantitative estimate of drug-likeness (QED) is 0.756. The topological polar surface area (TPSA) is 61.4 Å². The van der Waals surface area contributed by atoms with Gasteiger partial charge in [0.15, 0.2) is 0 Å². The first-order chi connectivity index (χ1) is 9.43. The number of carbonyl (C=O) groups is 1. The molecule has 4 nitrogen and oxygen atoms in total. The molecule has 1 rings (SSSR count). The first-order valence-corrected chi connectivity index (χ1v) is 7.25. The van der Waals surface area contributed by atoms with Crippen LogP contribution in [0.4, 0.5) is 4.79 Å². The number of nitrogens with one attached hydrogen (secondary N) is 2. The van der Waals surface area contributed by atoms with E-state index < -0.39 is 0 Å². The van der Waals surface area contributed by atoms with Crippen LogP contribution in [0.15, 0.2) is 24.3 Å². The van der Waals surface area contributed by atoms with Gasteiger partial charge in [0, 0.05) is 17.7 Å². The Morgan fingerprint density at radius 1 is 1.20 bits per heavy atom. The predicted octanol–water partition coefficient (Wildman–Crippen LogP) is 3.11. The molecule has 2 atom stereocenters. The Hall–Kier alpha value is -1.26. The fourth-order valence-electron chi connectivity index (χ4n) is 1.95. The Bertz CT molecular complexity index is 420. The van der Waals surface area contributed by atoms with Gasteiger partial charge in [0.1, 0.15) is 0 Å². The van der Waals surface area contributed by atoms with Gasteiger partial charge in [-0.2, -0.15) is 0 Å². The molecule has 1 aromatic rings. The van der Waals surface area contributed by atoms with E-state index in [1.807, 2.05) is 32.9 Å². The highest BCUT2D eigenvalue weighted by atomic mass is 35.5. The van der Waals surface area contributed by atoms with Gasteiger partial charge >= 0.3 is 6.03 Å². The molecule has 0 aliphatic rings. The number of hydrogen-bond acceptors (Lipinski definition) is 2. The summed E-state index contributed by atoms with van der Waals surface area (Å²) in [6.45, 7) is 6.02. The minimum absolute atomic E-state index is 0.0302. The molecule has 0 fully saturated rings. The van der Waals surface area contributed by atoms with Crippen molar-refractivity contribution in [1.29, 1.82) is 0 Å². The summed E-state index contributed by atoms with van der Waals surface area (Å²) in [7, 11) is 0. The third-order valence-electron chi connectivity index (χ3n) is 3.28. The van der Waals surface area contributed by atoms with Crippen LogP contribution < -0.4 is 10.6 Å². The van der Waals surface area contributed by atoms with E-state index in [4.69, 9.17) is 16.7 Å². The summed E-state index contributed by atoms with van der Waals surface area (Å²) >= 11 is 5.84. The highest BCUT2D eigenvalue weighted by Gasteiger charge is 2.17. The van der Waals surface area contributed by atoms with E-state index in [9.17, 15) is 4.79 Å². The van der Waals surface area contributed by atoms with E-state index >= 15 is 0 Å². The molecule has 0 spiro atoms. The van der Waals surface area contributed by atoms with Crippen molar-refractivity contribution in [1.82, 2.24) is 10.6 Å². The lowest BCUT2D eigenvalue weighted by Gasteiger charge is -2.23. The van der Waals surface area contributed by atoms with Gasteiger partial charge in [0.2, 0.25) is 0 Å². The minimum Gasteiger partial charge on any atom is -0.396 e. The summed E-state index contributed by atoms with van der Waals surface area (Å²) in [5.74, 6) is 0.277. The van der Waals surface area contributed by atoms with Crippen LogP contribution in [-0.4, -0.2) is 23.8 Å². The SMILES string of the molecule is CC(NC(=O)NC(CCO)C(C)C)c1ccc(Cl)cc1. The molecule has 0 saturated heterocycles. The van der Waals surface area contributed by atoms with Crippen molar-refractivity contribution in [3.63, 3.8) is 0 Å². The molecule has 0 aliphatic heterocycles. The standard InChI is InChI=1S/C15H23ClN2O2/c1-10(2)14(8-9-19)18-15(20)17-11(3)12-4-6-13(16)7-5-12/h4-7,10-11,14,19H,8-9H2,1-3H3,(H2,17,18,20). The first-order valence-electron chi connectivity index (χ1n) is 6.87. The van der Waals surface area contributed by atoms with Gasteiger partial charge in [-0.3, -0.25) is 0 Å². The third kappa shape index (κ3) is 5.39. The highest BCUT2D eigenvalue weighted by Crippen LogP contribution is 2.16. The van der Waals surface area contributed by atoms with Gasteiger partial charge in [-0.1, -0.05) is 37.6 Å². The summed E-state index contributed by atoms with van der Waals surface area (Å²) in [5, 5.41) is 15.5. The van der Waals surface area contributed by atoms with E-state index in [1.54, 1.807) is 12.1 Å². The monoisotopic (exact) mass is 298 g/mol. The van der Waals surface area contributed by atoms with E-state index in [0.717, 1.165) is 5.56 Å². The average Bonchev–Trinajstić information content (AvgIpc) is 2.38. The van der Waals surface area contributed by atoms with Crippen molar-refractivity contribution < 1.29 is 9.90 Å². The normalized spacial score (nSPS) is 13.9. The molecule has 0 bridgehead atoms. The molecule has 3 N–H and O–H groups in total. The lowest BCUT2D eigenvalue weighted by atomic mass is 10.0. The Balaban J connectivity index is 2.54. The van der Waals surface area contributed by atoms with Crippen LogP contribution in [0.5, 0.6) is 0 Å². The number of aliphatic hydroxyl groups is 1. The van der Waals surface area contributed by atoms with Crippen LogP contribution >= 0.6 is 11.6 Å². The second kappa shape index (κ2) is 8.12. The summed E-state index contributed by atoms with van der Waals surface area (Å²) in [5.41, 5.74) is 0.993. The maximum absolute atomic E-state index is 12.0. The van der Waals surface area contributed by atoms with Gasteiger partial charge in [-0.05, 0) is 37.0 Å². The predicted molar refractivity (Wildman–Crippen MR) is 81.9 cm³/mol. The summed E-state index contributed by atoms with van der Waals surface area (Å²) in [6.07, 6.45) is 0.556. The number of hydrogen-bond donors (Lipinski definition) is 3. The molecule has 5 heteroatoms. The zero-order valence-corrected chi connectivity index (χ0v) is 12.9. The molecule has 0 saturated carbocycles. The van der Waals surface area contributed by atoms with Crippen LogP contribution in [0.3, 0.4) is 0 Å². The number of halogens is 1. The smallest absolute Gasteiger partial charge is 0.315 e. The molecule has 2 amide bonds. The Morgan fingerprint density at radius 2 is 1.80 bits per heavy atom. The molecule has 0 radical (unpaired) electrons. The summed E-state index contributed by atoms with van der Waals surface area (Å²) < 4.78 is 0. The lowest BCUT2D eigenvalue weighted by Crippen LogP contribution is -2.45. The number of urea groups is 1. The second-order valence-corrected chi connectivity index (χ2v) is 5.69. The first kappa shape index (κ1) is 16.8. The molecule has 20 heavy (non-hydrogen) atoms. The van der Waals surface area contributed by atoms with Gasteiger partial charge in [-0.25, -0.2) is 4.79 Å². The molecule has 1 aromatic carbocycles. The van der Waals surface area contributed by atoms with Crippen molar-refractivity contribution in [2.45, 2.75) is 39.3 Å². The van der Waals surface area contributed by atoms with Crippen LogP contribution in [0, 0.1) is 5.92 Å². The minimum atomic E-state index is -0.223. The Morgan fingerprint density at radius 3 is 2.30 bits per heavy atom. The maximum atomic E-state index is 12.0. The Kier molecular flexibility index (Phi) is 6.82.